The van der Waals surface area contributed by atoms with Crippen LogP contribution in [0.2, 0.25) is 0 Å². The summed E-state index contributed by atoms with van der Waals surface area (Å²) in [6.45, 7) is 14.9. The fraction of sp³-hybridized carbons (Fsp3) is 0.461. The van der Waals surface area contributed by atoms with E-state index in [2.05, 4.69) is 111 Å². The number of piperidine rings is 1. The molecule has 624 valence electrons. The van der Waals surface area contributed by atoms with E-state index in [1.807, 2.05) is 40.9 Å². The van der Waals surface area contributed by atoms with E-state index in [1.165, 1.54) is 133 Å². The third-order valence-electron chi connectivity index (χ3n) is 20.9. The second kappa shape index (κ2) is 44.4. The summed E-state index contributed by atoms with van der Waals surface area (Å²) in [6.07, 6.45) is 21.3. The maximum atomic E-state index is 13.9. The highest BCUT2D eigenvalue weighted by Gasteiger charge is 2.46. The molecule has 1 saturated heterocycles. The molecule has 16 rings (SSSR count). The van der Waals surface area contributed by atoms with Gasteiger partial charge in [-0.3, -0.25) is 4.90 Å². The molecule has 3 unspecified atom stereocenters. The predicted octanol–water partition coefficient (Wildman–Crippen LogP) is 22.8. The van der Waals surface area contributed by atoms with Crippen LogP contribution in [0.25, 0.3) is 40.9 Å². The number of hydrogen-bond donors (Lipinski definition) is 7. The summed E-state index contributed by atoms with van der Waals surface area (Å²) in [6, 6.07) is 25.8. The van der Waals surface area contributed by atoms with Gasteiger partial charge in [-0.2, -0.15) is 13.2 Å². The average Bonchev–Trinajstić information content (AvgIpc) is 1.62. The smallest absolute Gasteiger partial charge is 0.369 e. The van der Waals surface area contributed by atoms with Crippen molar-refractivity contribution in [1.82, 2.24) is 60.7 Å². The number of hydrogen-bond acceptors (Lipinski definition) is 20. The van der Waals surface area contributed by atoms with Gasteiger partial charge >= 0.3 is 6.18 Å². The number of halogens is 7. The van der Waals surface area contributed by atoms with Gasteiger partial charge in [0.2, 0.25) is 0 Å². The number of benzene rings is 4. The highest BCUT2D eigenvalue weighted by molar-refractivity contribution is 7.20. The molecule has 116 heavy (non-hydrogen) atoms. The average molecular weight is 1670 g/mol. The van der Waals surface area contributed by atoms with E-state index in [9.17, 15) is 30.7 Å². The molecule has 7 N–H and O–H groups in total. The number of likely N-dealkylation sites (tertiary alicyclic amines) is 1. The molecular formula is C89H115F7N16S4. The Balaban J connectivity index is 0.000000175. The minimum absolute atomic E-state index is 0. The number of nitrogens with zero attached hydrogens (tertiary/aromatic N) is 9. The van der Waals surface area contributed by atoms with Crippen LogP contribution in [0, 0.1) is 29.2 Å². The zero-order valence-electron chi connectivity index (χ0n) is 63.9. The second-order valence-corrected chi connectivity index (χ2v) is 34.0. The highest BCUT2D eigenvalue weighted by atomic mass is 32.1. The minimum atomic E-state index is -4.47. The van der Waals surface area contributed by atoms with Crippen molar-refractivity contribution in [2.75, 3.05) is 73.6 Å². The molecule has 0 saturated carbocycles. The first-order valence-corrected chi connectivity index (χ1v) is 42.7. The fourth-order valence-corrected chi connectivity index (χ4v) is 20.2. The molecular weight excluding hydrogens is 1550 g/mol. The largest absolute Gasteiger partial charge is 0.408 e. The summed E-state index contributed by atoms with van der Waals surface area (Å²) >= 11 is 7.13. The van der Waals surface area contributed by atoms with E-state index in [1.54, 1.807) is 84.4 Å². The molecule has 1 aliphatic heterocycles. The summed E-state index contributed by atoms with van der Waals surface area (Å²) < 4.78 is 95.0. The second-order valence-electron chi connectivity index (χ2n) is 29.7. The third kappa shape index (κ3) is 24.4. The summed E-state index contributed by atoms with van der Waals surface area (Å²) in [5.41, 5.74) is 7.12. The van der Waals surface area contributed by atoms with E-state index < -0.39 is 18.0 Å². The Morgan fingerprint density at radius 3 is 1.31 bits per heavy atom. The standard InChI is InChI=1S/C23H24F4N4S.C21H25FN4S.C21H27FN4S.C20H23FN4S.4CH4/c24-15-5-3-4-14(12-15)20(23(25,26)27)31-10-8-16(9-11-31)30-21-19-17-6-1-2-7-18(17)32-22(19)29-13-28-21;1-14(15-6-4-7-16(22)12-15)23-10-5-11-24-20-19-17-8-2-3-9-18(17)27-21(19)26-13-25-20;1-14(2)10-18-12-19-20(25-13-26-21(19)27-18)24-9-5-8-23-15(3)16-6-4-7-17(22)11-16;21-15-6-3-5-14(11-15)12-22-9-4-10-23-19-18-16-7-1-2-8-17(16)26-20(18)25-13-24-19;;;;/h3-5,12-13,16,20H,1-2,6-11H2,(H,28,29,30);4,6-7,12-14,23H,2-3,5,8-11H2,1H3,(H,24,25,26);4,6-7,11-15,23H,5,8-10H2,1-3H3,(H,24,25,26);3,5-6,11,13,22H,1-2,4,7-10,12H2,(H,23,24,25);4*1H4. The maximum Gasteiger partial charge on any atom is 0.408 e. The normalized spacial score (nSPS) is 14.8. The van der Waals surface area contributed by atoms with Gasteiger partial charge in [-0.15, -0.1) is 45.3 Å². The van der Waals surface area contributed by atoms with Gasteiger partial charge in [-0.05, 0) is 249 Å². The lowest BCUT2D eigenvalue weighted by Gasteiger charge is -2.38. The van der Waals surface area contributed by atoms with E-state index in [0.717, 1.165) is 173 Å². The van der Waals surface area contributed by atoms with Crippen LogP contribution >= 0.6 is 45.3 Å². The lowest BCUT2D eigenvalue weighted by Crippen LogP contribution is -2.45. The molecule has 16 nitrogen and oxygen atoms in total. The van der Waals surface area contributed by atoms with Crippen LogP contribution in [-0.4, -0.2) is 109 Å². The molecule has 8 aromatic heterocycles. The lowest BCUT2D eigenvalue weighted by molar-refractivity contribution is -0.189. The van der Waals surface area contributed by atoms with E-state index in [0.29, 0.717) is 25.3 Å². The van der Waals surface area contributed by atoms with Crippen LogP contribution in [-0.2, 0) is 51.5 Å². The van der Waals surface area contributed by atoms with Crippen LogP contribution in [0.1, 0.15) is 205 Å². The van der Waals surface area contributed by atoms with E-state index in [4.69, 9.17) is 0 Å². The Labute approximate surface area is 696 Å². The number of aromatic nitrogens is 8. The maximum absolute atomic E-state index is 13.9. The topological polar surface area (TPSA) is 191 Å². The van der Waals surface area contributed by atoms with Gasteiger partial charge in [0.1, 0.15) is 97.2 Å². The molecule has 27 heteroatoms. The monoisotopic (exact) mass is 1670 g/mol. The van der Waals surface area contributed by atoms with Crippen LogP contribution < -0.4 is 37.2 Å². The number of rotatable bonds is 27. The zero-order chi connectivity index (χ0) is 77.9. The number of alkyl halides is 3. The van der Waals surface area contributed by atoms with Crippen LogP contribution in [0.5, 0.6) is 0 Å². The van der Waals surface area contributed by atoms with Crippen LogP contribution in [0.4, 0.5) is 54.0 Å². The third-order valence-corrected chi connectivity index (χ3v) is 25.6. The number of fused-ring (bicyclic) bond motifs is 10. The van der Waals surface area contributed by atoms with Gasteiger partial charge < -0.3 is 37.2 Å². The zero-order valence-corrected chi connectivity index (χ0v) is 67.2. The van der Waals surface area contributed by atoms with Gasteiger partial charge in [-0.1, -0.05) is 92.1 Å². The van der Waals surface area contributed by atoms with Crippen molar-refractivity contribution in [3.05, 3.63) is 210 Å². The number of nitrogens with one attached hydrogen (secondary N) is 7. The quantitative estimate of drug-likeness (QED) is 0.0190. The lowest BCUT2D eigenvalue weighted by atomic mass is 9.96. The van der Waals surface area contributed by atoms with E-state index >= 15 is 0 Å². The number of thiophene rings is 4. The predicted molar refractivity (Wildman–Crippen MR) is 472 cm³/mol. The molecule has 3 aliphatic carbocycles. The van der Waals surface area contributed by atoms with Crippen molar-refractivity contribution in [2.24, 2.45) is 5.92 Å². The fourth-order valence-electron chi connectivity index (χ4n) is 15.3. The summed E-state index contributed by atoms with van der Waals surface area (Å²) in [7, 11) is 0. The molecule has 1 fully saturated rings. The van der Waals surface area contributed by atoms with Crippen molar-refractivity contribution in [2.45, 2.75) is 210 Å². The SMILES string of the molecule is C.C.C.C.CC(C)Cc1cc2c(NCCCNC(C)c3cccc(F)c3)ncnc2s1.CC(NCCCNc1ncnc2sc3c(c12)CCCC3)c1cccc(F)c1.Fc1cccc(C(N2CCC(Nc3ncnc4sc5c(c34)CCCC5)CC2)C(F)(F)F)c1.Fc1cccc(CNCCCNc2ncnc3sc4c(c23)CCCC4)c1. The van der Waals surface area contributed by atoms with Crippen molar-refractivity contribution in [1.29, 1.82) is 0 Å². The molecule has 9 heterocycles. The molecule has 3 atom stereocenters. The minimum Gasteiger partial charge on any atom is -0.369 e. The van der Waals surface area contributed by atoms with Gasteiger partial charge in [0, 0.05) is 76.9 Å². The van der Waals surface area contributed by atoms with Crippen molar-refractivity contribution >= 4 is 109 Å². The Kier molecular flexibility index (Phi) is 35.0. The van der Waals surface area contributed by atoms with Crippen LogP contribution in [0.15, 0.2) is 128 Å². The van der Waals surface area contributed by atoms with Gasteiger partial charge in [-0.25, -0.2) is 57.4 Å². The number of anilines is 4. The Morgan fingerprint density at radius 1 is 0.440 bits per heavy atom. The first-order valence-electron chi connectivity index (χ1n) is 39.4. The Bertz CT molecular complexity index is 5040. The molecule has 0 radical (unpaired) electrons. The van der Waals surface area contributed by atoms with Gasteiger partial charge in [0.05, 0.1) is 21.5 Å². The summed E-state index contributed by atoms with van der Waals surface area (Å²) in [5, 5.41) is 28.8. The summed E-state index contributed by atoms with van der Waals surface area (Å²) in [5.74, 6) is 3.07. The Hall–Kier alpha value is -8.41. The molecule has 0 spiro atoms. The molecule has 0 amide bonds. The highest BCUT2D eigenvalue weighted by Crippen LogP contribution is 2.44. The molecule has 4 aromatic carbocycles. The van der Waals surface area contributed by atoms with E-state index in [-0.39, 0.29) is 83.9 Å². The molecule has 0 bridgehead atoms. The first-order chi connectivity index (χ1) is 54.5. The first kappa shape index (κ1) is 91.5. The molecule has 12 aromatic rings. The van der Waals surface area contributed by atoms with Gasteiger partial charge in [0.15, 0.2) is 0 Å². The van der Waals surface area contributed by atoms with Gasteiger partial charge in [0.25, 0.3) is 0 Å². The Morgan fingerprint density at radius 2 is 0.845 bits per heavy atom. The summed E-state index contributed by atoms with van der Waals surface area (Å²) in [4.78, 5) is 47.1. The van der Waals surface area contributed by atoms with Crippen molar-refractivity contribution in [3.8, 4) is 0 Å². The molecule has 4 aliphatic rings. The van der Waals surface area contributed by atoms with Crippen molar-refractivity contribution in [3.63, 3.8) is 0 Å². The number of aryl methyl sites for hydroxylation is 6. The van der Waals surface area contributed by atoms with Crippen LogP contribution in [0.3, 0.4) is 0 Å². The van der Waals surface area contributed by atoms with Crippen molar-refractivity contribution < 1.29 is 30.7 Å².